The summed E-state index contributed by atoms with van der Waals surface area (Å²) < 4.78 is 1.15. The summed E-state index contributed by atoms with van der Waals surface area (Å²) in [4.78, 5) is 0. The fraction of sp³-hybridized carbons (Fsp3) is 0.600. The quantitative estimate of drug-likeness (QED) is 0.843. The lowest BCUT2D eigenvalue weighted by Crippen LogP contribution is -2.31. The van der Waals surface area contributed by atoms with Gasteiger partial charge in [0.15, 0.2) is 0 Å². The van der Waals surface area contributed by atoms with E-state index in [2.05, 4.69) is 80.1 Å². The fourth-order valence-electron chi connectivity index (χ4n) is 1.55. The fourth-order valence-corrected chi connectivity index (χ4v) is 1.97. The largest absolute Gasteiger partial charge is 0.310 e. The second-order valence-electron chi connectivity index (χ2n) is 5.95. The number of hydrogen-bond acceptors (Lipinski definition) is 1. The van der Waals surface area contributed by atoms with E-state index in [-0.39, 0.29) is 0 Å². The molecule has 2 unspecified atom stereocenters. The zero-order valence-corrected chi connectivity index (χ0v) is 13.1. The summed E-state index contributed by atoms with van der Waals surface area (Å²) >= 11 is 3.51. The van der Waals surface area contributed by atoms with Gasteiger partial charge < -0.3 is 5.32 Å². The van der Waals surface area contributed by atoms with Crippen LogP contribution < -0.4 is 5.32 Å². The Kier molecular flexibility index (Phi) is 5.21. The minimum atomic E-state index is 0.365. The molecule has 0 saturated heterocycles. The van der Waals surface area contributed by atoms with E-state index >= 15 is 0 Å². The summed E-state index contributed by atoms with van der Waals surface area (Å²) in [6.07, 6.45) is 0. The second kappa shape index (κ2) is 6.01. The number of rotatable bonds is 4. The average molecular weight is 298 g/mol. The van der Waals surface area contributed by atoms with Crippen molar-refractivity contribution < 1.29 is 0 Å². The van der Waals surface area contributed by atoms with E-state index in [1.807, 2.05) is 0 Å². The Morgan fingerprint density at radius 1 is 1.24 bits per heavy atom. The highest BCUT2D eigenvalue weighted by Gasteiger charge is 2.20. The maximum absolute atomic E-state index is 3.61. The number of hydrogen-bond donors (Lipinski definition) is 1. The SMILES string of the molecule is CC(NCC(C)C(C)(C)C)c1cccc(Br)c1. The van der Waals surface area contributed by atoms with Gasteiger partial charge in [-0.1, -0.05) is 55.8 Å². The van der Waals surface area contributed by atoms with Crippen LogP contribution >= 0.6 is 15.9 Å². The molecule has 0 heterocycles. The summed E-state index contributed by atoms with van der Waals surface area (Å²) in [5, 5.41) is 3.61. The summed E-state index contributed by atoms with van der Waals surface area (Å²) in [5.41, 5.74) is 1.70. The highest BCUT2D eigenvalue weighted by atomic mass is 79.9. The van der Waals surface area contributed by atoms with Crippen LogP contribution in [0.1, 0.15) is 46.2 Å². The first-order valence-electron chi connectivity index (χ1n) is 6.29. The van der Waals surface area contributed by atoms with Crippen molar-refractivity contribution >= 4 is 15.9 Å². The van der Waals surface area contributed by atoms with Gasteiger partial charge in [0.25, 0.3) is 0 Å². The number of nitrogens with one attached hydrogen (secondary N) is 1. The molecule has 0 aliphatic carbocycles. The number of benzene rings is 1. The van der Waals surface area contributed by atoms with Crippen molar-refractivity contribution in [1.82, 2.24) is 5.32 Å². The Morgan fingerprint density at radius 2 is 1.88 bits per heavy atom. The molecule has 1 nitrogen and oxygen atoms in total. The molecule has 1 aromatic carbocycles. The minimum absolute atomic E-state index is 0.365. The molecule has 1 N–H and O–H groups in total. The van der Waals surface area contributed by atoms with Gasteiger partial charge in [-0.3, -0.25) is 0 Å². The van der Waals surface area contributed by atoms with Gasteiger partial charge in [0.2, 0.25) is 0 Å². The minimum Gasteiger partial charge on any atom is -0.310 e. The molecule has 17 heavy (non-hydrogen) atoms. The predicted molar refractivity (Wildman–Crippen MR) is 79.2 cm³/mol. The molecule has 0 aliphatic rings. The van der Waals surface area contributed by atoms with E-state index in [1.54, 1.807) is 0 Å². The van der Waals surface area contributed by atoms with Crippen LogP contribution in [-0.4, -0.2) is 6.54 Å². The van der Waals surface area contributed by atoms with E-state index in [0.717, 1.165) is 11.0 Å². The molecule has 1 rings (SSSR count). The van der Waals surface area contributed by atoms with Crippen molar-refractivity contribution in [2.24, 2.45) is 11.3 Å². The van der Waals surface area contributed by atoms with Gasteiger partial charge in [-0.15, -0.1) is 0 Å². The zero-order chi connectivity index (χ0) is 13.1. The monoisotopic (exact) mass is 297 g/mol. The highest BCUT2D eigenvalue weighted by molar-refractivity contribution is 9.10. The van der Waals surface area contributed by atoms with E-state index < -0.39 is 0 Å². The Hall–Kier alpha value is -0.340. The van der Waals surface area contributed by atoms with Gasteiger partial charge >= 0.3 is 0 Å². The molecule has 2 heteroatoms. The van der Waals surface area contributed by atoms with Crippen LogP contribution in [0.4, 0.5) is 0 Å². The molecule has 2 atom stereocenters. The van der Waals surface area contributed by atoms with Crippen LogP contribution in [0.5, 0.6) is 0 Å². The Bertz CT molecular complexity index is 354. The standard InChI is InChI=1S/C15H24BrN/c1-11(15(3,4)5)10-17-12(2)13-7-6-8-14(16)9-13/h6-9,11-12,17H,10H2,1-5H3. The first-order valence-corrected chi connectivity index (χ1v) is 7.09. The lowest BCUT2D eigenvalue weighted by molar-refractivity contribution is 0.247. The van der Waals surface area contributed by atoms with Crippen LogP contribution in [0.25, 0.3) is 0 Å². The molecule has 96 valence electrons. The average Bonchev–Trinajstić information content (AvgIpc) is 2.24. The molecule has 0 spiro atoms. The molecule has 0 saturated carbocycles. The molecule has 0 fully saturated rings. The van der Waals surface area contributed by atoms with Gasteiger partial charge in [-0.25, -0.2) is 0 Å². The van der Waals surface area contributed by atoms with Crippen molar-refractivity contribution in [2.75, 3.05) is 6.54 Å². The first kappa shape index (κ1) is 14.7. The van der Waals surface area contributed by atoms with E-state index in [1.165, 1.54) is 5.56 Å². The number of halogens is 1. The van der Waals surface area contributed by atoms with Crippen molar-refractivity contribution in [3.8, 4) is 0 Å². The molecule has 0 radical (unpaired) electrons. The summed E-state index contributed by atoms with van der Waals surface area (Å²) in [6.45, 7) is 12.5. The van der Waals surface area contributed by atoms with Crippen molar-refractivity contribution in [3.63, 3.8) is 0 Å². The molecule has 1 aromatic rings. The highest BCUT2D eigenvalue weighted by Crippen LogP contribution is 2.25. The Labute approximate surface area is 114 Å². The van der Waals surface area contributed by atoms with Gasteiger partial charge in [-0.2, -0.15) is 0 Å². The zero-order valence-electron chi connectivity index (χ0n) is 11.5. The van der Waals surface area contributed by atoms with Crippen LogP contribution in [0, 0.1) is 11.3 Å². The topological polar surface area (TPSA) is 12.0 Å². The third-order valence-electron chi connectivity index (χ3n) is 3.56. The molecule has 0 aliphatic heterocycles. The predicted octanol–water partition coefficient (Wildman–Crippen LogP) is 4.78. The van der Waals surface area contributed by atoms with Crippen molar-refractivity contribution in [1.29, 1.82) is 0 Å². The second-order valence-corrected chi connectivity index (χ2v) is 6.87. The molecule has 0 aromatic heterocycles. The first-order chi connectivity index (χ1) is 7.80. The maximum Gasteiger partial charge on any atom is 0.0292 e. The Morgan fingerprint density at radius 3 is 2.41 bits per heavy atom. The van der Waals surface area contributed by atoms with E-state index in [4.69, 9.17) is 0 Å². The molecular weight excluding hydrogens is 274 g/mol. The summed E-state index contributed by atoms with van der Waals surface area (Å²) in [5.74, 6) is 0.664. The van der Waals surface area contributed by atoms with Crippen molar-refractivity contribution in [3.05, 3.63) is 34.3 Å². The third kappa shape index (κ3) is 4.81. The normalized spacial score (nSPS) is 15.6. The van der Waals surface area contributed by atoms with E-state index in [0.29, 0.717) is 17.4 Å². The van der Waals surface area contributed by atoms with Crippen molar-refractivity contribution in [2.45, 2.75) is 40.7 Å². The van der Waals surface area contributed by atoms with Crippen LogP contribution in [0.2, 0.25) is 0 Å². The summed E-state index contributed by atoms with van der Waals surface area (Å²) in [6, 6.07) is 8.90. The molecular formula is C15H24BrN. The van der Waals surface area contributed by atoms with Gasteiger partial charge in [0.05, 0.1) is 0 Å². The lowest BCUT2D eigenvalue weighted by Gasteiger charge is -2.29. The van der Waals surface area contributed by atoms with Gasteiger partial charge in [0, 0.05) is 10.5 Å². The van der Waals surface area contributed by atoms with Gasteiger partial charge in [-0.05, 0) is 42.5 Å². The van der Waals surface area contributed by atoms with Gasteiger partial charge in [0.1, 0.15) is 0 Å². The van der Waals surface area contributed by atoms with E-state index in [9.17, 15) is 0 Å². The van der Waals surface area contributed by atoms with Crippen LogP contribution in [0.3, 0.4) is 0 Å². The van der Waals surface area contributed by atoms with Crippen LogP contribution in [-0.2, 0) is 0 Å². The third-order valence-corrected chi connectivity index (χ3v) is 4.05. The Balaban J connectivity index is 2.53. The lowest BCUT2D eigenvalue weighted by atomic mass is 9.82. The maximum atomic E-state index is 3.61. The summed E-state index contributed by atoms with van der Waals surface area (Å²) in [7, 11) is 0. The molecule has 0 bridgehead atoms. The van der Waals surface area contributed by atoms with Crippen LogP contribution in [0.15, 0.2) is 28.7 Å². The molecule has 0 amide bonds. The smallest absolute Gasteiger partial charge is 0.0292 e.